The lowest BCUT2D eigenvalue weighted by atomic mass is 10.0. The van der Waals surface area contributed by atoms with Crippen LogP contribution in [0.25, 0.3) is 0 Å². The summed E-state index contributed by atoms with van der Waals surface area (Å²) in [6, 6.07) is 10.7. The summed E-state index contributed by atoms with van der Waals surface area (Å²) in [4.78, 5) is 12.5. The maximum Gasteiger partial charge on any atom is 0.241 e. The van der Waals surface area contributed by atoms with Crippen molar-refractivity contribution in [2.24, 2.45) is 0 Å². The predicted molar refractivity (Wildman–Crippen MR) is 111 cm³/mol. The minimum absolute atomic E-state index is 0.236. The molecule has 0 fully saturated rings. The van der Waals surface area contributed by atoms with Crippen molar-refractivity contribution in [3.63, 3.8) is 0 Å². The maximum atomic E-state index is 12.5. The zero-order valence-electron chi connectivity index (χ0n) is 16.2. The average Bonchev–Trinajstić information content (AvgIpc) is 2.56. The molecule has 1 amide bonds. The molecule has 0 aliphatic rings. The van der Waals surface area contributed by atoms with E-state index >= 15 is 0 Å². The van der Waals surface area contributed by atoms with Gasteiger partial charge in [0.1, 0.15) is 6.54 Å². The number of carbonyl (C=O) groups is 1. The summed E-state index contributed by atoms with van der Waals surface area (Å²) < 4.78 is 25.5. The van der Waals surface area contributed by atoms with Crippen molar-refractivity contribution in [1.29, 1.82) is 0 Å². The molecular weight excluding hydrogens is 384 g/mol. The van der Waals surface area contributed by atoms with Gasteiger partial charge in [-0.15, -0.1) is 0 Å². The van der Waals surface area contributed by atoms with Gasteiger partial charge in [-0.3, -0.25) is 9.10 Å². The van der Waals surface area contributed by atoms with Gasteiger partial charge in [0.05, 0.1) is 18.0 Å². The first-order chi connectivity index (χ1) is 12.5. The van der Waals surface area contributed by atoms with Crippen LogP contribution in [0.5, 0.6) is 0 Å². The van der Waals surface area contributed by atoms with E-state index in [-0.39, 0.29) is 18.5 Å². The molecule has 0 saturated carbocycles. The molecule has 27 heavy (non-hydrogen) atoms. The minimum atomic E-state index is -3.64. The molecule has 0 saturated heterocycles. The molecule has 0 unspecified atom stereocenters. The van der Waals surface area contributed by atoms with Crippen molar-refractivity contribution in [2.45, 2.75) is 33.7 Å². The van der Waals surface area contributed by atoms with E-state index in [0.717, 1.165) is 27.3 Å². The van der Waals surface area contributed by atoms with E-state index in [4.69, 9.17) is 11.6 Å². The van der Waals surface area contributed by atoms with Crippen LogP contribution in [-0.4, -0.2) is 27.1 Å². The van der Waals surface area contributed by atoms with E-state index in [1.54, 1.807) is 18.2 Å². The van der Waals surface area contributed by atoms with Gasteiger partial charge in [-0.25, -0.2) is 8.42 Å². The van der Waals surface area contributed by atoms with E-state index in [0.29, 0.717) is 10.7 Å². The fourth-order valence-corrected chi connectivity index (χ4v) is 3.69. The molecule has 2 aromatic rings. The molecule has 7 heteroatoms. The summed E-state index contributed by atoms with van der Waals surface area (Å²) in [5, 5.41) is 3.31. The fourth-order valence-electron chi connectivity index (χ4n) is 2.67. The molecule has 5 nitrogen and oxygen atoms in total. The summed E-state index contributed by atoms with van der Waals surface area (Å²) in [5.41, 5.74) is 4.48. The molecular formula is C20H25ClN2O3S. The Morgan fingerprint density at radius 2 is 1.70 bits per heavy atom. The van der Waals surface area contributed by atoms with E-state index in [2.05, 4.69) is 5.32 Å². The number of hydrogen-bond donors (Lipinski definition) is 1. The number of anilines is 1. The lowest BCUT2D eigenvalue weighted by Crippen LogP contribution is -2.41. The highest BCUT2D eigenvalue weighted by Gasteiger charge is 2.22. The number of halogens is 1. The summed E-state index contributed by atoms with van der Waals surface area (Å²) in [6.07, 6.45) is 1.07. The second-order valence-electron chi connectivity index (χ2n) is 6.84. The fraction of sp³-hybridized carbons (Fsp3) is 0.350. The normalized spacial score (nSPS) is 12.5. The highest BCUT2D eigenvalue weighted by molar-refractivity contribution is 7.92. The number of sulfonamides is 1. The van der Waals surface area contributed by atoms with Crippen molar-refractivity contribution in [3.8, 4) is 0 Å². The number of hydrogen-bond acceptors (Lipinski definition) is 3. The Bertz CT molecular complexity index is 958. The number of nitrogens with one attached hydrogen (secondary N) is 1. The topological polar surface area (TPSA) is 66.5 Å². The van der Waals surface area contributed by atoms with Crippen LogP contribution in [0.15, 0.2) is 36.4 Å². The molecule has 0 radical (unpaired) electrons. The van der Waals surface area contributed by atoms with Crippen LogP contribution in [-0.2, 0) is 14.8 Å². The summed E-state index contributed by atoms with van der Waals surface area (Å²) in [5.74, 6) is -0.386. The molecule has 0 aromatic heterocycles. The zero-order chi connectivity index (χ0) is 20.4. The quantitative estimate of drug-likeness (QED) is 0.787. The summed E-state index contributed by atoms with van der Waals surface area (Å²) in [6.45, 7) is 7.43. The number of nitrogens with zero attached hydrogens (tertiary/aromatic N) is 1. The maximum absolute atomic E-state index is 12.5. The van der Waals surface area contributed by atoms with Crippen molar-refractivity contribution < 1.29 is 13.2 Å². The average molecular weight is 409 g/mol. The lowest BCUT2D eigenvalue weighted by Gasteiger charge is -2.24. The Morgan fingerprint density at radius 3 is 2.26 bits per heavy atom. The smallest absolute Gasteiger partial charge is 0.241 e. The van der Waals surface area contributed by atoms with E-state index in [1.165, 1.54) is 5.56 Å². The Balaban J connectivity index is 2.18. The van der Waals surface area contributed by atoms with Gasteiger partial charge < -0.3 is 5.32 Å². The van der Waals surface area contributed by atoms with Gasteiger partial charge in [-0.05, 0) is 62.1 Å². The first-order valence-corrected chi connectivity index (χ1v) is 10.8. The van der Waals surface area contributed by atoms with Gasteiger partial charge in [0.2, 0.25) is 15.9 Å². The molecule has 0 spiro atoms. The first kappa shape index (κ1) is 21.3. The first-order valence-electron chi connectivity index (χ1n) is 8.59. The summed E-state index contributed by atoms with van der Waals surface area (Å²) in [7, 11) is -3.64. The van der Waals surface area contributed by atoms with Crippen molar-refractivity contribution in [2.75, 3.05) is 17.1 Å². The Morgan fingerprint density at radius 1 is 1.07 bits per heavy atom. The van der Waals surface area contributed by atoms with Crippen LogP contribution < -0.4 is 9.62 Å². The molecule has 146 valence electrons. The van der Waals surface area contributed by atoms with Crippen molar-refractivity contribution >= 4 is 33.2 Å². The monoisotopic (exact) mass is 408 g/mol. The molecule has 1 N–H and O–H groups in total. The molecule has 0 heterocycles. The highest BCUT2D eigenvalue weighted by atomic mass is 35.5. The van der Waals surface area contributed by atoms with Gasteiger partial charge in [0.15, 0.2) is 0 Å². The lowest BCUT2D eigenvalue weighted by molar-refractivity contribution is -0.120. The van der Waals surface area contributed by atoms with E-state index < -0.39 is 10.0 Å². The third-order valence-corrected chi connectivity index (χ3v) is 6.09. The van der Waals surface area contributed by atoms with Crippen LogP contribution in [0, 0.1) is 20.8 Å². The SMILES string of the molecule is Cc1ccc([C@@H](C)NC(=O)CN(c2ccc(C)c(Cl)c2)S(C)(=O)=O)cc1C. The van der Waals surface area contributed by atoms with Crippen LogP contribution in [0.2, 0.25) is 5.02 Å². The second-order valence-corrected chi connectivity index (χ2v) is 9.15. The predicted octanol–water partition coefficient (Wildman–Crippen LogP) is 3.91. The number of aryl methyl sites for hydroxylation is 3. The van der Waals surface area contributed by atoms with Crippen LogP contribution in [0.4, 0.5) is 5.69 Å². The number of rotatable bonds is 6. The number of amides is 1. The largest absolute Gasteiger partial charge is 0.348 e. The third kappa shape index (κ3) is 5.47. The van der Waals surface area contributed by atoms with Gasteiger partial charge in [-0.1, -0.05) is 35.9 Å². The number of carbonyl (C=O) groups excluding carboxylic acids is 1. The van der Waals surface area contributed by atoms with Gasteiger partial charge >= 0.3 is 0 Å². The van der Waals surface area contributed by atoms with Gasteiger partial charge in [0, 0.05) is 5.02 Å². The van der Waals surface area contributed by atoms with Crippen LogP contribution in [0.1, 0.15) is 35.2 Å². The standard InChI is InChI=1S/C20H25ClN2O3S/c1-13-6-8-17(10-15(13)3)16(4)22-20(24)12-23(27(5,25)26)18-9-7-14(2)19(21)11-18/h6-11,16H,12H2,1-5H3,(H,22,24)/t16-/m1/s1. The highest BCUT2D eigenvalue weighted by Crippen LogP contribution is 2.25. The zero-order valence-corrected chi connectivity index (χ0v) is 17.8. The Kier molecular flexibility index (Phi) is 6.54. The van der Waals surface area contributed by atoms with Crippen LogP contribution in [0.3, 0.4) is 0 Å². The molecule has 0 bridgehead atoms. The van der Waals surface area contributed by atoms with Crippen molar-refractivity contribution in [3.05, 3.63) is 63.7 Å². The molecule has 0 aliphatic carbocycles. The van der Waals surface area contributed by atoms with E-state index in [9.17, 15) is 13.2 Å². The van der Waals surface area contributed by atoms with Gasteiger partial charge in [0.25, 0.3) is 0 Å². The molecule has 1 atom stereocenters. The number of benzene rings is 2. The minimum Gasteiger partial charge on any atom is -0.348 e. The van der Waals surface area contributed by atoms with E-state index in [1.807, 2.05) is 45.9 Å². The molecule has 0 aliphatic heterocycles. The second kappa shape index (κ2) is 8.31. The summed E-state index contributed by atoms with van der Waals surface area (Å²) >= 11 is 6.11. The molecule has 2 aromatic carbocycles. The van der Waals surface area contributed by atoms with Crippen molar-refractivity contribution in [1.82, 2.24) is 5.32 Å². The van der Waals surface area contributed by atoms with Crippen LogP contribution >= 0.6 is 11.6 Å². The Hall–Kier alpha value is -2.05. The third-order valence-electron chi connectivity index (χ3n) is 4.54. The molecule has 2 rings (SSSR count). The van der Waals surface area contributed by atoms with Gasteiger partial charge in [-0.2, -0.15) is 0 Å². The Labute approximate surface area is 166 Å².